The molecule has 0 atom stereocenters. The van der Waals surface area contributed by atoms with Gasteiger partial charge in [-0.25, -0.2) is 0 Å². The van der Waals surface area contributed by atoms with Gasteiger partial charge in [0.25, 0.3) is 0 Å². The van der Waals surface area contributed by atoms with Crippen molar-refractivity contribution in [3.8, 4) is 5.75 Å². The molecule has 0 unspecified atom stereocenters. The van der Waals surface area contributed by atoms with Crippen LogP contribution in [-0.2, 0) is 11.3 Å². The first-order chi connectivity index (χ1) is 12.1. The summed E-state index contributed by atoms with van der Waals surface area (Å²) >= 11 is 0. The number of benzene rings is 1. The van der Waals surface area contributed by atoms with Gasteiger partial charge in [0.2, 0.25) is 0 Å². The normalized spacial score (nSPS) is 11.7. The minimum Gasteiger partial charge on any atom is -0.434 e. The van der Waals surface area contributed by atoms with Crippen molar-refractivity contribution in [3.05, 3.63) is 29.3 Å². The highest BCUT2D eigenvalue weighted by Crippen LogP contribution is 2.21. The zero-order valence-corrected chi connectivity index (χ0v) is 15.3. The summed E-state index contributed by atoms with van der Waals surface area (Å²) in [6.07, 6.45) is 3.08. The van der Waals surface area contributed by atoms with E-state index in [1.165, 1.54) is 0 Å². The highest BCUT2D eigenvalue weighted by Gasteiger charge is 2.10. The fourth-order valence-electron chi connectivity index (χ4n) is 2.19. The summed E-state index contributed by atoms with van der Waals surface area (Å²) < 4.78 is 35.0. The molecular formula is C18H29F2N3O2. The van der Waals surface area contributed by atoms with Crippen molar-refractivity contribution < 1.29 is 18.3 Å². The number of nitrogens with zero attached hydrogens (tertiary/aromatic N) is 1. The Kier molecular flexibility index (Phi) is 10.6. The fraction of sp³-hybridized carbons (Fsp3) is 0.611. The molecule has 0 bridgehead atoms. The summed E-state index contributed by atoms with van der Waals surface area (Å²) in [6, 6.07) is 5.12. The van der Waals surface area contributed by atoms with Crippen LogP contribution in [0.3, 0.4) is 0 Å². The van der Waals surface area contributed by atoms with Gasteiger partial charge in [-0.1, -0.05) is 31.0 Å². The van der Waals surface area contributed by atoms with Crippen LogP contribution in [-0.4, -0.2) is 39.4 Å². The second kappa shape index (κ2) is 12.5. The Morgan fingerprint density at radius 2 is 1.96 bits per heavy atom. The van der Waals surface area contributed by atoms with Crippen LogP contribution in [0, 0.1) is 6.92 Å². The Morgan fingerprint density at radius 3 is 2.64 bits per heavy atom. The molecule has 0 saturated carbocycles. The smallest absolute Gasteiger partial charge is 0.387 e. The average molecular weight is 357 g/mol. The summed E-state index contributed by atoms with van der Waals surface area (Å²) in [5.74, 6) is 0.783. The van der Waals surface area contributed by atoms with Crippen molar-refractivity contribution in [2.75, 3.05) is 26.8 Å². The van der Waals surface area contributed by atoms with Crippen LogP contribution in [0.25, 0.3) is 0 Å². The third-order valence-corrected chi connectivity index (χ3v) is 3.50. The SMILES string of the molecule is CCCCOCCCNC(=NC)NCc1cc(C)ccc1OC(F)F. The molecule has 0 fully saturated rings. The Hall–Kier alpha value is -1.89. The topological polar surface area (TPSA) is 54.9 Å². The maximum absolute atomic E-state index is 12.5. The first-order valence-electron chi connectivity index (χ1n) is 8.63. The number of hydrogen-bond donors (Lipinski definition) is 2. The zero-order valence-electron chi connectivity index (χ0n) is 15.3. The van der Waals surface area contributed by atoms with Gasteiger partial charge < -0.3 is 20.1 Å². The lowest BCUT2D eigenvalue weighted by atomic mass is 10.1. The summed E-state index contributed by atoms with van der Waals surface area (Å²) in [6.45, 7) is 3.76. The van der Waals surface area contributed by atoms with Gasteiger partial charge in [0, 0.05) is 38.9 Å². The molecule has 1 rings (SSSR count). The third kappa shape index (κ3) is 9.24. The van der Waals surface area contributed by atoms with Crippen molar-refractivity contribution >= 4 is 5.96 Å². The monoisotopic (exact) mass is 357 g/mol. The number of ether oxygens (including phenoxy) is 2. The highest BCUT2D eigenvalue weighted by molar-refractivity contribution is 5.79. The van der Waals surface area contributed by atoms with Crippen LogP contribution in [0.4, 0.5) is 8.78 Å². The van der Waals surface area contributed by atoms with Crippen molar-refractivity contribution in [1.82, 2.24) is 10.6 Å². The van der Waals surface area contributed by atoms with Gasteiger partial charge in [-0.05, 0) is 25.8 Å². The lowest BCUT2D eigenvalue weighted by Crippen LogP contribution is -2.37. The molecule has 0 spiro atoms. The van der Waals surface area contributed by atoms with E-state index in [0.29, 0.717) is 24.7 Å². The molecule has 0 aliphatic rings. The third-order valence-electron chi connectivity index (χ3n) is 3.50. The van der Waals surface area contributed by atoms with Crippen molar-refractivity contribution in [2.45, 2.75) is 46.3 Å². The molecule has 1 aromatic rings. The van der Waals surface area contributed by atoms with Crippen LogP contribution >= 0.6 is 0 Å². The molecule has 2 N–H and O–H groups in total. The van der Waals surface area contributed by atoms with E-state index in [1.807, 2.05) is 13.0 Å². The van der Waals surface area contributed by atoms with Crippen LogP contribution in [0.1, 0.15) is 37.3 Å². The molecule has 0 aliphatic heterocycles. The number of unbranched alkanes of at least 4 members (excludes halogenated alkanes) is 1. The summed E-state index contributed by atoms with van der Waals surface area (Å²) in [5.41, 5.74) is 1.64. The van der Waals surface area contributed by atoms with Crippen LogP contribution in [0.15, 0.2) is 23.2 Å². The molecule has 25 heavy (non-hydrogen) atoms. The van der Waals surface area contributed by atoms with E-state index < -0.39 is 6.61 Å². The number of hydrogen-bond acceptors (Lipinski definition) is 3. The van der Waals surface area contributed by atoms with Gasteiger partial charge in [0.05, 0.1) is 0 Å². The van der Waals surface area contributed by atoms with E-state index in [-0.39, 0.29) is 5.75 Å². The van der Waals surface area contributed by atoms with E-state index in [2.05, 4.69) is 27.3 Å². The van der Waals surface area contributed by atoms with E-state index >= 15 is 0 Å². The van der Waals surface area contributed by atoms with Crippen LogP contribution in [0.5, 0.6) is 5.75 Å². The maximum Gasteiger partial charge on any atom is 0.387 e. The number of halogens is 2. The summed E-state index contributed by atoms with van der Waals surface area (Å²) in [4.78, 5) is 4.13. The first kappa shape index (κ1) is 21.2. The van der Waals surface area contributed by atoms with Gasteiger partial charge >= 0.3 is 6.61 Å². The number of aliphatic imine (C=N–C) groups is 1. The van der Waals surface area contributed by atoms with E-state index in [4.69, 9.17) is 4.74 Å². The highest BCUT2D eigenvalue weighted by atomic mass is 19.3. The van der Waals surface area contributed by atoms with E-state index in [9.17, 15) is 8.78 Å². The first-order valence-corrected chi connectivity index (χ1v) is 8.63. The lowest BCUT2D eigenvalue weighted by Gasteiger charge is -2.15. The summed E-state index contributed by atoms with van der Waals surface area (Å²) in [5, 5.41) is 6.29. The van der Waals surface area contributed by atoms with E-state index in [1.54, 1.807) is 19.2 Å². The van der Waals surface area contributed by atoms with Gasteiger partial charge in [0.15, 0.2) is 5.96 Å². The molecule has 0 saturated heterocycles. The van der Waals surface area contributed by atoms with Crippen molar-refractivity contribution in [3.63, 3.8) is 0 Å². The Bertz CT molecular complexity index is 525. The summed E-state index contributed by atoms with van der Waals surface area (Å²) in [7, 11) is 1.67. The Morgan fingerprint density at radius 1 is 1.20 bits per heavy atom. The number of alkyl halides is 2. The second-order valence-electron chi connectivity index (χ2n) is 5.66. The average Bonchev–Trinajstić information content (AvgIpc) is 2.58. The molecule has 0 aromatic heterocycles. The molecule has 0 heterocycles. The second-order valence-corrected chi connectivity index (χ2v) is 5.66. The predicted molar refractivity (Wildman–Crippen MR) is 96.4 cm³/mol. The molecule has 1 aromatic carbocycles. The molecular weight excluding hydrogens is 328 g/mol. The quantitative estimate of drug-likeness (QED) is 0.362. The van der Waals surface area contributed by atoms with Gasteiger partial charge in [-0.3, -0.25) is 4.99 Å². The predicted octanol–water partition coefficient (Wildman–Crippen LogP) is 3.47. The molecule has 0 aliphatic carbocycles. The molecule has 0 radical (unpaired) electrons. The number of guanidine groups is 1. The number of nitrogens with one attached hydrogen (secondary N) is 2. The number of aryl methyl sites for hydroxylation is 1. The largest absolute Gasteiger partial charge is 0.434 e. The minimum absolute atomic E-state index is 0.174. The number of rotatable bonds is 11. The van der Waals surface area contributed by atoms with Crippen LogP contribution in [0.2, 0.25) is 0 Å². The molecule has 0 amide bonds. The lowest BCUT2D eigenvalue weighted by molar-refractivity contribution is -0.0504. The standard InChI is InChI=1S/C18H29F2N3O2/c1-4-5-10-24-11-6-9-22-18(21-3)23-13-15-12-14(2)7-8-16(15)25-17(19)20/h7-8,12,17H,4-6,9-11,13H2,1-3H3,(H2,21,22,23). The van der Waals surface area contributed by atoms with Crippen molar-refractivity contribution in [1.29, 1.82) is 0 Å². The van der Waals surface area contributed by atoms with Gasteiger partial charge in [-0.15, -0.1) is 0 Å². The zero-order chi connectivity index (χ0) is 18.5. The maximum atomic E-state index is 12.5. The van der Waals surface area contributed by atoms with Crippen molar-refractivity contribution in [2.24, 2.45) is 4.99 Å². The Balaban J connectivity index is 2.40. The Labute approximate surface area is 148 Å². The molecule has 142 valence electrons. The van der Waals surface area contributed by atoms with Gasteiger partial charge in [0.1, 0.15) is 5.75 Å². The minimum atomic E-state index is -2.84. The van der Waals surface area contributed by atoms with E-state index in [0.717, 1.165) is 38.0 Å². The molecule has 7 heteroatoms. The molecule has 5 nitrogen and oxygen atoms in total. The van der Waals surface area contributed by atoms with Crippen LogP contribution < -0.4 is 15.4 Å². The fourth-order valence-corrected chi connectivity index (χ4v) is 2.19. The van der Waals surface area contributed by atoms with Gasteiger partial charge in [-0.2, -0.15) is 8.78 Å².